The highest BCUT2D eigenvalue weighted by atomic mass is 16.5. The summed E-state index contributed by atoms with van der Waals surface area (Å²) >= 11 is 0. The van der Waals surface area contributed by atoms with Gasteiger partial charge in [-0.25, -0.2) is 0 Å². The molecule has 1 aromatic rings. The molecule has 1 aromatic carbocycles. The first kappa shape index (κ1) is 14.4. The fourth-order valence-corrected chi connectivity index (χ4v) is 3.08. The molecule has 0 radical (unpaired) electrons. The molecule has 1 N–H and O–H groups in total. The lowest BCUT2D eigenvalue weighted by Crippen LogP contribution is -2.30. The lowest BCUT2D eigenvalue weighted by atomic mass is 9.77. The first-order valence-corrected chi connectivity index (χ1v) is 7.10. The predicted octanol–water partition coefficient (Wildman–Crippen LogP) is 2.91. The summed E-state index contributed by atoms with van der Waals surface area (Å²) in [5.41, 5.74) is 1.51. The second-order valence-electron chi connectivity index (χ2n) is 5.82. The van der Waals surface area contributed by atoms with Gasteiger partial charge in [-0.3, -0.25) is 0 Å². The SMILES string of the molecule is COc1cccc(C2(O)CCCCC2)c1CN(C)C. The lowest BCUT2D eigenvalue weighted by molar-refractivity contribution is -0.00200. The predicted molar refractivity (Wildman–Crippen MR) is 77.4 cm³/mol. The van der Waals surface area contributed by atoms with E-state index >= 15 is 0 Å². The van der Waals surface area contributed by atoms with Crippen LogP contribution in [0, 0.1) is 0 Å². The number of aliphatic hydroxyl groups is 1. The molecule has 19 heavy (non-hydrogen) atoms. The van der Waals surface area contributed by atoms with Crippen molar-refractivity contribution in [3.8, 4) is 5.75 Å². The van der Waals surface area contributed by atoms with Crippen molar-refractivity contribution in [2.75, 3.05) is 21.2 Å². The maximum Gasteiger partial charge on any atom is 0.123 e. The van der Waals surface area contributed by atoms with E-state index in [0.717, 1.165) is 49.1 Å². The van der Waals surface area contributed by atoms with Crippen LogP contribution in [0.3, 0.4) is 0 Å². The highest BCUT2D eigenvalue weighted by molar-refractivity contribution is 5.43. The van der Waals surface area contributed by atoms with Crippen LogP contribution in [-0.4, -0.2) is 31.2 Å². The van der Waals surface area contributed by atoms with Crippen LogP contribution in [0.1, 0.15) is 43.2 Å². The first-order valence-electron chi connectivity index (χ1n) is 7.10. The maximum absolute atomic E-state index is 11.0. The average Bonchev–Trinajstić information content (AvgIpc) is 2.39. The van der Waals surface area contributed by atoms with Gasteiger partial charge in [0.2, 0.25) is 0 Å². The summed E-state index contributed by atoms with van der Waals surface area (Å²) in [6, 6.07) is 6.03. The smallest absolute Gasteiger partial charge is 0.123 e. The molecule has 1 aliphatic carbocycles. The van der Waals surface area contributed by atoms with Gasteiger partial charge in [0.25, 0.3) is 0 Å². The monoisotopic (exact) mass is 263 g/mol. The highest BCUT2D eigenvalue weighted by Crippen LogP contribution is 2.40. The Labute approximate surface area is 116 Å². The van der Waals surface area contributed by atoms with Gasteiger partial charge in [0.05, 0.1) is 12.7 Å². The maximum atomic E-state index is 11.0. The van der Waals surface area contributed by atoms with Gasteiger partial charge in [0.15, 0.2) is 0 Å². The van der Waals surface area contributed by atoms with E-state index in [2.05, 4.69) is 11.0 Å². The van der Waals surface area contributed by atoms with Crippen LogP contribution in [0.25, 0.3) is 0 Å². The Hall–Kier alpha value is -1.06. The topological polar surface area (TPSA) is 32.7 Å². The van der Waals surface area contributed by atoms with E-state index in [-0.39, 0.29) is 0 Å². The van der Waals surface area contributed by atoms with Gasteiger partial charge < -0.3 is 14.7 Å². The molecule has 1 saturated carbocycles. The van der Waals surface area contributed by atoms with Crippen molar-refractivity contribution in [1.82, 2.24) is 4.90 Å². The van der Waals surface area contributed by atoms with E-state index in [9.17, 15) is 5.11 Å². The Morgan fingerprint density at radius 1 is 1.21 bits per heavy atom. The molecule has 0 amide bonds. The molecule has 3 heteroatoms. The molecule has 106 valence electrons. The van der Waals surface area contributed by atoms with Crippen LogP contribution in [0.15, 0.2) is 18.2 Å². The summed E-state index contributed by atoms with van der Waals surface area (Å²) in [4.78, 5) is 2.12. The summed E-state index contributed by atoms with van der Waals surface area (Å²) < 4.78 is 5.48. The van der Waals surface area contributed by atoms with Crippen molar-refractivity contribution in [3.63, 3.8) is 0 Å². The largest absolute Gasteiger partial charge is 0.496 e. The number of hydrogen-bond acceptors (Lipinski definition) is 3. The Morgan fingerprint density at radius 2 is 1.89 bits per heavy atom. The Morgan fingerprint density at radius 3 is 2.47 bits per heavy atom. The van der Waals surface area contributed by atoms with Gasteiger partial charge in [-0.1, -0.05) is 31.4 Å². The number of nitrogens with zero attached hydrogens (tertiary/aromatic N) is 1. The zero-order valence-electron chi connectivity index (χ0n) is 12.3. The molecular formula is C16H25NO2. The summed E-state index contributed by atoms with van der Waals surface area (Å²) in [6.45, 7) is 0.793. The van der Waals surface area contributed by atoms with E-state index in [4.69, 9.17) is 4.74 Å². The van der Waals surface area contributed by atoms with Crippen LogP contribution in [0.5, 0.6) is 5.75 Å². The molecule has 2 rings (SSSR count). The molecule has 0 atom stereocenters. The van der Waals surface area contributed by atoms with Gasteiger partial charge in [-0.05, 0) is 38.6 Å². The summed E-state index contributed by atoms with van der Waals surface area (Å²) in [6.07, 6.45) is 5.17. The molecule has 0 bridgehead atoms. The standard InChI is InChI=1S/C16H25NO2/c1-17(2)12-13-14(8-7-9-15(13)19-3)16(18)10-5-4-6-11-16/h7-9,18H,4-6,10-12H2,1-3H3. The quantitative estimate of drug-likeness (QED) is 0.906. The van der Waals surface area contributed by atoms with Crippen molar-refractivity contribution in [3.05, 3.63) is 29.3 Å². The molecule has 1 aliphatic rings. The zero-order valence-corrected chi connectivity index (χ0v) is 12.3. The normalized spacial score (nSPS) is 18.6. The van der Waals surface area contributed by atoms with Crippen LogP contribution < -0.4 is 4.74 Å². The molecule has 0 saturated heterocycles. The number of methoxy groups -OCH3 is 1. The third-order valence-corrected chi connectivity index (χ3v) is 4.01. The van der Waals surface area contributed by atoms with E-state index in [1.807, 2.05) is 26.2 Å². The second kappa shape index (κ2) is 5.93. The number of rotatable bonds is 4. The first-order chi connectivity index (χ1) is 9.07. The van der Waals surface area contributed by atoms with Gasteiger partial charge in [-0.2, -0.15) is 0 Å². The van der Waals surface area contributed by atoms with Crippen LogP contribution >= 0.6 is 0 Å². The Bertz CT molecular complexity index is 423. The molecule has 0 aromatic heterocycles. The van der Waals surface area contributed by atoms with Gasteiger partial charge in [0.1, 0.15) is 5.75 Å². The van der Waals surface area contributed by atoms with E-state index < -0.39 is 5.60 Å². The molecule has 0 spiro atoms. The molecule has 1 fully saturated rings. The van der Waals surface area contributed by atoms with Crippen LogP contribution in [0.2, 0.25) is 0 Å². The molecule has 3 nitrogen and oxygen atoms in total. The second-order valence-corrected chi connectivity index (χ2v) is 5.82. The van der Waals surface area contributed by atoms with E-state index in [1.165, 1.54) is 6.42 Å². The average molecular weight is 263 g/mol. The van der Waals surface area contributed by atoms with Gasteiger partial charge in [-0.15, -0.1) is 0 Å². The number of benzene rings is 1. The third-order valence-electron chi connectivity index (χ3n) is 4.01. The Balaban J connectivity index is 2.42. The van der Waals surface area contributed by atoms with Crippen LogP contribution in [0.4, 0.5) is 0 Å². The van der Waals surface area contributed by atoms with Gasteiger partial charge in [0, 0.05) is 12.1 Å². The van der Waals surface area contributed by atoms with Crippen molar-refractivity contribution >= 4 is 0 Å². The number of ether oxygens (including phenoxy) is 1. The van der Waals surface area contributed by atoms with Crippen LogP contribution in [-0.2, 0) is 12.1 Å². The van der Waals surface area contributed by atoms with E-state index in [1.54, 1.807) is 7.11 Å². The zero-order chi connectivity index (χ0) is 13.9. The summed E-state index contributed by atoms with van der Waals surface area (Å²) in [5.74, 6) is 0.880. The summed E-state index contributed by atoms with van der Waals surface area (Å²) in [7, 11) is 5.78. The third kappa shape index (κ3) is 3.10. The minimum Gasteiger partial charge on any atom is -0.496 e. The Kier molecular flexibility index (Phi) is 4.48. The van der Waals surface area contributed by atoms with Crippen molar-refractivity contribution in [1.29, 1.82) is 0 Å². The minimum absolute atomic E-state index is 0.669. The molecular weight excluding hydrogens is 238 g/mol. The molecule has 0 heterocycles. The summed E-state index contributed by atoms with van der Waals surface area (Å²) in [5, 5.41) is 11.0. The fourth-order valence-electron chi connectivity index (χ4n) is 3.08. The lowest BCUT2D eigenvalue weighted by Gasteiger charge is -2.35. The van der Waals surface area contributed by atoms with Crippen molar-refractivity contribution in [2.45, 2.75) is 44.2 Å². The fraction of sp³-hybridized carbons (Fsp3) is 0.625. The van der Waals surface area contributed by atoms with Gasteiger partial charge >= 0.3 is 0 Å². The van der Waals surface area contributed by atoms with Crippen molar-refractivity contribution in [2.24, 2.45) is 0 Å². The van der Waals surface area contributed by atoms with E-state index in [0.29, 0.717) is 0 Å². The molecule has 0 aliphatic heterocycles. The highest BCUT2D eigenvalue weighted by Gasteiger charge is 2.34. The minimum atomic E-state index is -0.669. The van der Waals surface area contributed by atoms with Crippen molar-refractivity contribution < 1.29 is 9.84 Å². The molecule has 0 unspecified atom stereocenters. The number of hydrogen-bond donors (Lipinski definition) is 1.